The topological polar surface area (TPSA) is 56.0 Å². The zero-order valence-corrected chi connectivity index (χ0v) is 16.1. The molecule has 0 aliphatic heterocycles. The highest BCUT2D eigenvalue weighted by atomic mass is 16.2. The molecule has 2 heterocycles. The lowest BCUT2D eigenvalue weighted by molar-refractivity contribution is -0.119. The Hall–Kier alpha value is -2.89. The van der Waals surface area contributed by atoms with Crippen LogP contribution in [0.2, 0.25) is 0 Å². The molecule has 6 heteroatoms. The summed E-state index contributed by atoms with van der Waals surface area (Å²) in [6, 6.07) is 6.18. The van der Waals surface area contributed by atoms with Gasteiger partial charge in [-0.1, -0.05) is 18.2 Å². The van der Waals surface area contributed by atoms with Crippen LogP contribution in [0.25, 0.3) is 0 Å². The van der Waals surface area contributed by atoms with Crippen LogP contribution in [-0.2, 0) is 17.9 Å². The number of aryl methyl sites for hydroxylation is 3. The number of unbranched alkanes of at least 4 members (excludes halogenated alkanes) is 2. The summed E-state index contributed by atoms with van der Waals surface area (Å²) in [7, 11) is 0. The maximum atomic E-state index is 13.0. The van der Waals surface area contributed by atoms with Crippen molar-refractivity contribution >= 4 is 11.6 Å². The number of nitrogens with zero attached hydrogens (tertiary/aromatic N) is 5. The molecule has 0 fully saturated rings. The number of benzene rings is 1. The molecule has 1 amide bonds. The molecule has 0 radical (unpaired) electrons. The molecule has 0 aliphatic carbocycles. The van der Waals surface area contributed by atoms with Crippen LogP contribution >= 0.6 is 0 Å². The number of anilines is 1. The lowest BCUT2D eigenvalue weighted by Crippen LogP contribution is -2.35. The van der Waals surface area contributed by atoms with E-state index in [0.717, 1.165) is 49.2 Å². The molecule has 0 N–H and O–H groups in total. The Morgan fingerprint density at radius 1 is 0.963 bits per heavy atom. The number of rotatable bonds is 9. The third kappa shape index (κ3) is 5.06. The third-order valence-electron chi connectivity index (χ3n) is 4.74. The van der Waals surface area contributed by atoms with Crippen LogP contribution in [0.3, 0.4) is 0 Å². The highest BCUT2D eigenvalue weighted by molar-refractivity contribution is 5.94. The summed E-state index contributed by atoms with van der Waals surface area (Å²) in [6.07, 6.45) is 14.0. The van der Waals surface area contributed by atoms with E-state index < -0.39 is 0 Å². The molecule has 3 rings (SSSR count). The third-order valence-corrected chi connectivity index (χ3v) is 4.74. The van der Waals surface area contributed by atoms with Crippen LogP contribution < -0.4 is 4.90 Å². The first-order chi connectivity index (χ1) is 13.1. The minimum atomic E-state index is 0.0972. The first-order valence-electron chi connectivity index (χ1n) is 9.43. The fourth-order valence-corrected chi connectivity index (χ4v) is 3.37. The van der Waals surface area contributed by atoms with Gasteiger partial charge in [0.2, 0.25) is 5.91 Å². The number of aromatic nitrogens is 4. The molecular weight excluding hydrogens is 338 g/mol. The van der Waals surface area contributed by atoms with Crippen LogP contribution in [0.5, 0.6) is 0 Å². The molecule has 0 saturated heterocycles. The number of amides is 1. The number of hydrogen-bond donors (Lipinski definition) is 0. The van der Waals surface area contributed by atoms with Crippen molar-refractivity contribution in [2.75, 3.05) is 11.4 Å². The van der Waals surface area contributed by atoms with Crippen molar-refractivity contribution in [1.29, 1.82) is 0 Å². The molecule has 0 bridgehead atoms. The average Bonchev–Trinajstić information content (AvgIpc) is 3.33. The van der Waals surface area contributed by atoms with Crippen molar-refractivity contribution in [1.82, 2.24) is 19.1 Å². The fraction of sp³-hybridized carbons (Fsp3) is 0.381. The van der Waals surface area contributed by atoms with E-state index in [1.54, 1.807) is 18.7 Å². The lowest BCUT2D eigenvalue weighted by Gasteiger charge is -2.26. The van der Waals surface area contributed by atoms with E-state index in [1.165, 1.54) is 0 Å². The van der Waals surface area contributed by atoms with E-state index in [0.29, 0.717) is 6.54 Å². The van der Waals surface area contributed by atoms with Crippen LogP contribution in [0.1, 0.15) is 30.4 Å². The van der Waals surface area contributed by atoms with Gasteiger partial charge in [0.15, 0.2) is 0 Å². The predicted octanol–water partition coefficient (Wildman–Crippen LogP) is 3.60. The van der Waals surface area contributed by atoms with Crippen molar-refractivity contribution in [3.05, 3.63) is 66.8 Å². The normalized spacial score (nSPS) is 10.9. The van der Waals surface area contributed by atoms with Gasteiger partial charge in [0, 0.05) is 43.6 Å². The highest BCUT2D eigenvalue weighted by Crippen LogP contribution is 2.25. The molecule has 0 aliphatic rings. The van der Waals surface area contributed by atoms with Gasteiger partial charge in [-0.2, -0.15) is 0 Å². The monoisotopic (exact) mass is 365 g/mol. The van der Waals surface area contributed by atoms with Crippen molar-refractivity contribution in [3.63, 3.8) is 0 Å². The second-order valence-electron chi connectivity index (χ2n) is 6.88. The summed E-state index contributed by atoms with van der Waals surface area (Å²) in [5, 5.41) is 0. The summed E-state index contributed by atoms with van der Waals surface area (Å²) in [5.74, 6) is 0.0972. The van der Waals surface area contributed by atoms with Gasteiger partial charge in [-0.15, -0.1) is 0 Å². The zero-order chi connectivity index (χ0) is 19.1. The van der Waals surface area contributed by atoms with Crippen molar-refractivity contribution < 1.29 is 4.79 Å². The Kier molecular flexibility index (Phi) is 6.41. The van der Waals surface area contributed by atoms with Gasteiger partial charge >= 0.3 is 0 Å². The largest absolute Gasteiger partial charge is 0.337 e. The van der Waals surface area contributed by atoms with Crippen LogP contribution in [0.15, 0.2) is 55.6 Å². The van der Waals surface area contributed by atoms with Crippen LogP contribution in [0, 0.1) is 13.8 Å². The van der Waals surface area contributed by atoms with Crippen molar-refractivity contribution in [2.45, 2.75) is 46.2 Å². The van der Waals surface area contributed by atoms with E-state index >= 15 is 0 Å². The molecule has 0 spiro atoms. The maximum Gasteiger partial charge on any atom is 0.246 e. The molecule has 6 nitrogen and oxygen atoms in total. The summed E-state index contributed by atoms with van der Waals surface area (Å²) in [5.41, 5.74) is 3.30. The quantitative estimate of drug-likeness (QED) is 0.545. The molecule has 0 atom stereocenters. The van der Waals surface area contributed by atoms with E-state index in [1.807, 2.05) is 34.3 Å². The molecule has 27 heavy (non-hydrogen) atoms. The van der Waals surface area contributed by atoms with Crippen molar-refractivity contribution in [2.24, 2.45) is 0 Å². The molecule has 0 saturated carbocycles. The minimum absolute atomic E-state index is 0.0972. The second-order valence-corrected chi connectivity index (χ2v) is 6.88. The Morgan fingerprint density at radius 2 is 1.63 bits per heavy atom. The standard InChI is InChI=1S/C21H27N5O/c1-18-7-6-8-19(2)21(18)26(20(27)15-25-14-10-23-17-25)12-5-3-4-11-24-13-9-22-16-24/h6-10,13-14,16-17H,3-5,11-12,15H2,1-2H3. The Labute approximate surface area is 160 Å². The first kappa shape index (κ1) is 18.9. The average molecular weight is 365 g/mol. The van der Waals surface area contributed by atoms with Crippen LogP contribution in [0.4, 0.5) is 5.69 Å². The Bertz CT molecular complexity index is 819. The minimum Gasteiger partial charge on any atom is -0.337 e. The second kappa shape index (κ2) is 9.16. The van der Waals surface area contributed by atoms with Gasteiger partial charge in [0.25, 0.3) is 0 Å². The molecular formula is C21H27N5O. The molecule has 1 aromatic carbocycles. The van der Waals surface area contributed by atoms with E-state index in [9.17, 15) is 4.79 Å². The molecule has 0 unspecified atom stereocenters. The van der Waals surface area contributed by atoms with E-state index in [4.69, 9.17) is 0 Å². The smallest absolute Gasteiger partial charge is 0.246 e. The van der Waals surface area contributed by atoms with Gasteiger partial charge in [-0.25, -0.2) is 9.97 Å². The van der Waals surface area contributed by atoms with E-state index in [2.05, 4.69) is 40.5 Å². The maximum absolute atomic E-state index is 13.0. The first-order valence-corrected chi connectivity index (χ1v) is 9.43. The van der Waals surface area contributed by atoms with Gasteiger partial charge in [0.1, 0.15) is 6.54 Å². The number of imidazole rings is 2. The van der Waals surface area contributed by atoms with Crippen LogP contribution in [-0.4, -0.2) is 31.6 Å². The van der Waals surface area contributed by atoms with Gasteiger partial charge in [-0.3, -0.25) is 4.79 Å². The van der Waals surface area contributed by atoms with Gasteiger partial charge in [-0.05, 0) is 44.2 Å². The lowest BCUT2D eigenvalue weighted by atomic mass is 10.1. The van der Waals surface area contributed by atoms with Gasteiger partial charge in [0.05, 0.1) is 12.7 Å². The molecule has 142 valence electrons. The number of carbonyl (C=O) groups is 1. The summed E-state index contributed by atoms with van der Waals surface area (Å²) in [6.45, 7) is 6.14. The predicted molar refractivity (Wildman–Crippen MR) is 107 cm³/mol. The summed E-state index contributed by atoms with van der Waals surface area (Å²) in [4.78, 5) is 23.1. The Morgan fingerprint density at radius 3 is 2.26 bits per heavy atom. The number of hydrogen-bond acceptors (Lipinski definition) is 3. The fourth-order valence-electron chi connectivity index (χ4n) is 3.37. The van der Waals surface area contributed by atoms with Crippen molar-refractivity contribution in [3.8, 4) is 0 Å². The number of para-hydroxylation sites is 1. The van der Waals surface area contributed by atoms with Gasteiger partial charge < -0.3 is 14.0 Å². The zero-order valence-electron chi connectivity index (χ0n) is 16.1. The van der Waals surface area contributed by atoms with E-state index in [-0.39, 0.29) is 5.91 Å². The summed E-state index contributed by atoms with van der Waals surface area (Å²) >= 11 is 0. The highest BCUT2D eigenvalue weighted by Gasteiger charge is 2.19. The molecule has 2 aromatic heterocycles. The SMILES string of the molecule is Cc1cccc(C)c1N(CCCCCn1ccnc1)C(=O)Cn1ccnc1. The summed E-state index contributed by atoms with van der Waals surface area (Å²) < 4.78 is 3.91. The number of carbonyl (C=O) groups excluding carboxylic acids is 1. The Balaban J connectivity index is 1.64. The molecule has 3 aromatic rings.